The maximum atomic E-state index is 5.38. The van der Waals surface area contributed by atoms with Crippen molar-refractivity contribution in [2.45, 2.75) is 39.2 Å². The van der Waals surface area contributed by atoms with Crippen LogP contribution >= 0.6 is 0 Å². The molecule has 6 heteroatoms. The van der Waals surface area contributed by atoms with Gasteiger partial charge in [0.1, 0.15) is 6.04 Å². The summed E-state index contributed by atoms with van der Waals surface area (Å²) in [4.78, 5) is 4.50. The Morgan fingerprint density at radius 1 is 1.42 bits per heavy atom. The molecule has 2 atom stereocenters. The summed E-state index contributed by atoms with van der Waals surface area (Å²) in [5, 5.41) is 8.53. The molecule has 2 aromatic rings. The summed E-state index contributed by atoms with van der Waals surface area (Å²) in [5.41, 5.74) is 2.09. The zero-order valence-electron chi connectivity index (χ0n) is 11.5. The molecule has 6 nitrogen and oxygen atoms in total. The average Bonchev–Trinajstić information content (AvgIpc) is 3.06. The minimum Gasteiger partial charge on any atom is -0.381 e. The molecule has 0 unspecified atom stereocenters. The molecule has 19 heavy (non-hydrogen) atoms. The van der Waals surface area contributed by atoms with Crippen LogP contribution in [0.25, 0.3) is 0 Å². The fraction of sp³-hybridized carbons (Fsp3) is 0.615. The smallest absolute Gasteiger partial charge is 0.251 e. The third-order valence-electron chi connectivity index (χ3n) is 3.52. The summed E-state index contributed by atoms with van der Waals surface area (Å²) < 4.78 is 12.6. The second kappa shape index (κ2) is 4.77. The highest BCUT2D eigenvalue weighted by Gasteiger charge is 2.25. The van der Waals surface area contributed by atoms with Gasteiger partial charge in [0, 0.05) is 18.2 Å². The minimum atomic E-state index is -0.0442. The van der Waals surface area contributed by atoms with Gasteiger partial charge >= 0.3 is 0 Å². The Morgan fingerprint density at radius 2 is 2.26 bits per heavy atom. The van der Waals surface area contributed by atoms with E-state index in [1.807, 2.05) is 31.5 Å². The molecular formula is C13H18N4O2. The number of rotatable bonds is 3. The Labute approximate surface area is 111 Å². The Kier molecular flexibility index (Phi) is 3.10. The van der Waals surface area contributed by atoms with E-state index in [0.29, 0.717) is 12.5 Å². The normalized spacial score (nSPS) is 20.9. The Hall–Kier alpha value is -1.69. The van der Waals surface area contributed by atoms with Gasteiger partial charge in [-0.3, -0.25) is 4.68 Å². The zero-order valence-corrected chi connectivity index (χ0v) is 11.5. The van der Waals surface area contributed by atoms with E-state index in [0.717, 1.165) is 30.2 Å². The highest BCUT2D eigenvalue weighted by Crippen LogP contribution is 2.25. The van der Waals surface area contributed by atoms with E-state index in [-0.39, 0.29) is 12.0 Å². The van der Waals surface area contributed by atoms with E-state index >= 15 is 0 Å². The van der Waals surface area contributed by atoms with Crippen molar-refractivity contribution in [3.63, 3.8) is 0 Å². The fourth-order valence-electron chi connectivity index (χ4n) is 2.46. The first kappa shape index (κ1) is 12.3. The van der Waals surface area contributed by atoms with Crippen LogP contribution in [0, 0.1) is 13.8 Å². The lowest BCUT2D eigenvalue weighted by Crippen LogP contribution is -2.11. The third kappa shape index (κ3) is 2.28. The van der Waals surface area contributed by atoms with Crippen LogP contribution in [-0.2, 0) is 4.74 Å². The van der Waals surface area contributed by atoms with E-state index in [1.54, 1.807) is 0 Å². The predicted octanol–water partition coefficient (Wildman–Crippen LogP) is 2.00. The molecule has 0 aromatic carbocycles. The third-order valence-corrected chi connectivity index (χ3v) is 3.52. The minimum absolute atomic E-state index is 0.0442. The van der Waals surface area contributed by atoms with Crippen LogP contribution in [0.1, 0.15) is 48.4 Å². The number of aryl methyl sites for hydroxylation is 2. The molecule has 0 saturated carbocycles. The SMILES string of the molecule is Cc1cc(C)n([C@H](C)c2nc([C@H]3CCOC3)no2)n1. The van der Waals surface area contributed by atoms with Gasteiger partial charge in [-0.1, -0.05) is 5.16 Å². The van der Waals surface area contributed by atoms with Gasteiger partial charge in [-0.05, 0) is 33.3 Å². The summed E-state index contributed by atoms with van der Waals surface area (Å²) in [6.45, 7) is 7.49. The summed E-state index contributed by atoms with van der Waals surface area (Å²) >= 11 is 0. The first-order valence-electron chi connectivity index (χ1n) is 6.59. The van der Waals surface area contributed by atoms with Gasteiger partial charge < -0.3 is 9.26 Å². The summed E-state index contributed by atoms with van der Waals surface area (Å²) in [5.74, 6) is 1.62. The van der Waals surface area contributed by atoms with Crippen LogP contribution in [0.5, 0.6) is 0 Å². The molecule has 1 fully saturated rings. The van der Waals surface area contributed by atoms with Crippen molar-refractivity contribution in [2.75, 3.05) is 13.2 Å². The van der Waals surface area contributed by atoms with Gasteiger partial charge in [-0.25, -0.2) is 0 Å². The van der Waals surface area contributed by atoms with Crippen LogP contribution in [0.3, 0.4) is 0 Å². The molecular weight excluding hydrogens is 244 g/mol. The highest BCUT2D eigenvalue weighted by molar-refractivity contribution is 5.10. The van der Waals surface area contributed by atoms with E-state index in [1.165, 1.54) is 0 Å². The largest absolute Gasteiger partial charge is 0.381 e. The molecule has 1 aliphatic heterocycles. The maximum absolute atomic E-state index is 5.38. The van der Waals surface area contributed by atoms with Crippen LogP contribution in [-0.4, -0.2) is 33.1 Å². The molecule has 0 spiro atoms. The predicted molar refractivity (Wildman–Crippen MR) is 68.0 cm³/mol. The van der Waals surface area contributed by atoms with E-state index in [2.05, 4.69) is 15.2 Å². The van der Waals surface area contributed by atoms with Gasteiger partial charge in [0.05, 0.1) is 12.3 Å². The van der Waals surface area contributed by atoms with Crippen molar-refractivity contribution < 1.29 is 9.26 Å². The van der Waals surface area contributed by atoms with Gasteiger partial charge in [-0.2, -0.15) is 10.1 Å². The number of hydrogen-bond donors (Lipinski definition) is 0. The molecule has 0 N–H and O–H groups in total. The summed E-state index contributed by atoms with van der Waals surface area (Å²) in [7, 11) is 0. The van der Waals surface area contributed by atoms with Crippen LogP contribution in [0.4, 0.5) is 0 Å². The Balaban J connectivity index is 1.83. The van der Waals surface area contributed by atoms with Crippen molar-refractivity contribution in [2.24, 2.45) is 0 Å². The molecule has 1 aliphatic rings. The average molecular weight is 262 g/mol. The standard InChI is InChI=1S/C13H18N4O2/c1-8-6-9(2)17(15-8)10(3)13-14-12(16-19-13)11-4-5-18-7-11/h6,10-11H,4-5,7H2,1-3H3/t10-,11+/m1/s1. The molecule has 3 rings (SSSR count). The highest BCUT2D eigenvalue weighted by atomic mass is 16.5. The van der Waals surface area contributed by atoms with Gasteiger partial charge in [0.15, 0.2) is 5.82 Å². The molecule has 102 valence electrons. The monoisotopic (exact) mass is 262 g/mol. The van der Waals surface area contributed by atoms with Crippen molar-refractivity contribution in [3.8, 4) is 0 Å². The van der Waals surface area contributed by atoms with E-state index in [9.17, 15) is 0 Å². The fourth-order valence-corrected chi connectivity index (χ4v) is 2.46. The Bertz CT molecular complexity index is 569. The van der Waals surface area contributed by atoms with Crippen LogP contribution in [0.2, 0.25) is 0 Å². The summed E-state index contributed by atoms with van der Waals surface area (Å²) in [6.07, 6.45) is 0.966. The van der Waals surface area contributed by atoms with Crippen LogP contribution < -0.4 is 0 Å². The lowest BCUT2D eigenvalue weighted by atomic mass is 10.1. The Morgan fingerprint density at radius 3 is 2.89 bits per heavy atom. The van der Waals surface area contributed by atoms with Crippen LogP contribution in [0.15, 0.2) is 10.6 Å². The second-order valence-electron chi connectivity index (χ2n) is 5.10. The molecule has 1 saturated heterocycles. The zero-order chi connectivity index (χ0) is 13.4. The first-order valence-corrected chi connectivity index (χ1v) is 6.59. The molecule has 2 aromatic heterocycles. The second-order valence-corrected chi connectivity index (χ2v) is 5.10. The lowest BCUT2D eigenvalue weighted by molar-refractivity contribution is 0.192. The number of nitrogens with zero attached hydrogens (tertiary/aromatic N) is 4. The molecule has 0 bridgehead atoms. The van der Waals surface area contributed by atoms with Gasteiger partial charge in [0.2, 0.25) is 0 Å². The molecule has 0 radical (unpaired) electrons. The maximum Gasteiger partial charge on any atom is 0.251 e. The van der Waals surface area contributed by atoms with E-state index in [4.69, 9.17) is 9.26 Å². The molecule has 3 heterocycles. The van der Waals surface area contributed by atoms with Crippen molar-refractivity contribution >= 4 is 0 Å². The first-order chi connectivity index (χ1) is 9.15. The number of aromatic nitrogens is 4. The van der Waals surface area contributed by atoms with Gasteiger partial charge in [0.25, 0.3) is 5.89 Å². The van der Waals surface area contributed by atoms with Gasteiger partial charge in [-0.15, -0.1) is 0 Å². The van der Waals surface area contributed by atoms with Crippen molar-refractivity contribution in [3.05, 3.63) is 29.2 Å². The van der Waals surface area contributed by atoms with Crippen molar-refractivity contribution in [1.82, 2.24) is 19.9 Å². The number of ether oxygens (including phenoxy) is 1. The molecule has 0 aliphatic carbocycles. The lowest BCUT2D eigenvalue weighted by Gasteiger charge is -2.09. The quantitative estimate of drug-likeness (QED) is 0.846. The van der Waals surface area contributed by atoms with Crippen molar-refractivity contribution in [1.29, 1.82) is 0 Å². The molecule has 0 amide bonds. The number of hydrogen-bond acceptors (Lipinski definition) is 5. The topological polar surface area (TPSA) is 66.0 Å². The van der Waals surface area contributed by atoms with E-state index < -0.39 is 0 Å². The summed E-state index contributed by atoms with van der Waals surface area (Å²) in [6, 6.07) is 2.00.